The summed E-state index contributed by atoms with van der Waals surface area (Å²) in [6.45, 7) is 10.6. The number of benzene rings is 3. The van der Waals surface area contributed by atoms with Crippen LogP contribution in [-0.4, -0.2) is 32.0 Å². The van der Waals surface area contributed by atoms with Crippen molar-refractivity contribution in [1.29, 1.82) is 0 Å². The van der Waals surface area contributed by atoms with Crippen molar-refractivity contribution >= 4 is 22.1 Å². The van der Waals surface area contributed by atoms with Gasteiger partial charge in [0, 0.05) is 35.9 Å². The van der Waals surface area contributed by atoms with Gasteiger partial charge in [-0.15, -0.1) is 0 Å². The summed E-state index contributed by atoms with van der Waals surface area (Å²) >= 11 is 0. The smallest absolute Gasteiger partial charge is 0.0922 e. The van der Waals surface area contributed by atoms with Crippen LogP contribution < -0.4 is 9.80 Å². The Morgan fingerprint density at radius 2 is 1.23 bits per heavy atom. The summed E-state index contributed by atoms with van der Waals surface area (Å²) in [5, 5.41) is 2.56. The molecule has 202 valence electrons. The van der Waals surface area contributed by atoms with Gasteiger partial charge in [0.15, 0.2) is 0 Å². The van der Waals surface area contributed by atoms with Crippen LogP contribution in [0.2, 0.25) is 0 Å². The van der Waals surface area contributed by atoms with E-state index in [2.05, 4.69) is 118 Å². The van der Waals surface area contributed by atoms with Gasteiger partial charge in [-0.25, -0.2) is 9.97 Å². The highest BCUT2D eigenvalue weighted by Crippen LogP contribution is 2.29. The number of hydrogen-bond donors (Lipinski definition) is 2. The number of imidazole rings is 2. The number of hydrogen-bond acceptors (Lipinski definition) is 4. The summed E-state index contributed by atoms with van der Waals surface area (Å²) in [5.74, 6) is 0. The zero-order valence-electron chi connectivity index (χ0n) is 23.6. The summed E-state index contributed by atoms with van der Waals surface area (Å²) in [6, 6.07) is 23.0. The predicted molar refractivity (Wildman–Crippen MR) is 162 cm³/mol. The van der Waals surface area contributed by atoms with Gasteiger partial charge in [-0.2, -0.15) is 0 Å². The topological polar surface area (TPSA) is 63.8 Å². The number of anilines is 2. The van der Waals surface area contributed by atoms with E-state index in [-0.39, 0.29) is 0 Å². The van der Waals surface area contributed by atoms with Crippen molar-refractivity contribution in [3.63, 3.8) is 0 Å². The molecule has 1 aliphatic carbocycles. The molecule has 0 saturated heterocycles. The van der Waals surface area contributed by atoms with Crippen LogP contribution in [0.25, 0.3) is 10.8 Å². The van der Waals surface area contributed by atoms with E-state index >= 15 is 0 Å². The fourth-order valence-corrected chi connectivity index (χ4v) is 5.35. The van der Waals surface area contributed by atoms with Crippen molar-refractivity contribution in [1.82, 2.24) is 19.9 Å². The van der Waals surface area contributed by atoms with Gasteiger partial charge in [-0.05, 0) is 93.1 Å². The zero-order chi connectivity index (χ0) is 27.2. The molecule has 6 rings (SSSR count). The average Bonchev–Trinajstić information content (AvgIpc) is 3.73. The number of aryl methyl sites for hydroxylation is 2. The minimum absolute atomic E-state index is 0.430. The van der Waals surface area contributed by atoms with Crippen molar-refractivity contribution < 1.29 is 0 Å². The second-order valence-corrected chi connectivity index (χ2v) is 10.9. The average molecular weight is 521 g/mol. The number of rotatable bonds is 8. The summed E-state index contributed by atoms with van der Waals surface area (Å²) in [6.07, 6.45) is 11.1. The maximum Gasteiger partial charge on any atom is 0.0922 e. The number of nitrogens with zero attached hydrogens (tertiary/aromatic N) is 4. The second kappa shape index (κ2) is 12.2. The predicted octanol–water partition coefficient (Wildman–Crippen LogP) is 7.29. The van der Waals surface area contributed by atoms with Crippen LogP contribution in [0.4, 0.5) is 11.4 Å². The Kier molecular flexibility index (Phi) is 8.30. The van der Waals surface area contributed by atoms with Gasteiger partial charge in [-0.3, -0.25) is 0 Å². The standard InChI is InChI=1S/C17H19N3.C16H21N3/c1-13(2)20(11-16-10-18-12-19-16)17-8-7-14-5-3-4-6-15(14)9-17;1-12(2)19(10-15-9-17-11-18-15)16-7-6-13-4-3-5-14(13)8-16/h3-10,12-13H,11H2,1-2H3,(H,18,19);6-9,11-12H,3-5,10H2,1-2H3,(H,17,18). The van der Waals surface area contributed by atoms with Crippen molar-refractivity contribution in [3.8, 4) is 0 Å². The van der Waals surface area contributed by atoms with Gasteiger partial charge in [0.1, 0.15) is 0 Å². The highest BCUT2D eigenvalue weighted by atomic mass is 15.2. The van der Waals surface area contributed by atoms with Crippen molar-refractivity contribution in [3.05, 3.63) is 108 Å². The molecule has 0 saturated carbocycles. The van der Waals surface area contributed by atoms with E-state index < -0.39 is 0 Å². The largest absolute Gasteiger partial charge is 0.363 e. The molecular weight excluding hydrogens is 480 g/mol. The molecule has 2 N–H and O–H groups in total. The first kappa shape index (κ1) is 26.5. The van der Waals surface area contributed by atoms with Crippen LogP contribution in [0, 0.1) is 0 Å². The molecule has 0 spiro atoms. The Morgan fingerprint density at radius 3 is 1.82 bits per heavy atom. The quantitative estimate of drug-likeness (QED) is 0.225. The van der Waals surface area contributed by atoms with Gasteiger partial charge in [-0.1, -0.05) is 36.4 Å². The molecule has 0 fully saturated rings. The number of aromatic amines is 2. The van der Waals surface area contributed by atoms with Crippen molar-refractivity contribution in [2.24, 2.45) is 0 Å². The Bertz CT molecular complexity index is 1450. The van der Waals surface area contributed by atoms with E-state index in [1.807, 2.05) is 12.4 Å². The normalized spacial score (nSPS) is 12.5. The Morgan fingerprint density at radius 1 is 0.667 bits per heavy atom. The third kappa shape index (κ3) is 6.51. The SMILES string of the molecule is CC(C)N(Cc1cnc[nH]1)c1ccc2c(c1)CCC2.CC(C)N(Cc1cnc[nH]1)c1ccc2ccccc2c1. The monoisotopic (exact) mass is 520 g/mol. The molecule has 0 aliphatic heterocycles. The third-order valence-corrected chi connectivity index (χ3v) is 7.52. The van der Waals surface area contributed by atoms with Crippen LogP contribution in [0.5, 0.6) is 0 Å². The molecule has 0 unspecified atom stereocenters. The zero-order valence-corrected chi connectivity index (χ0v) is 23.6. The lowest BCUT2D eigenvalue weighted by Gasteiger charge is -2.29. The highest BCUT2D eigenvalue weighted by molar-refractivity contribution is 5.85. The van der Waals surface area contributed by atoms with Crippen LogP contribution in [0.15, 0.2) is 85.7 Å². The lowest BCUT2D eigenvalue weighted by Crippen LogP contribution is -2.30. The number of H-pyrrole nitrogens is 2. The van der Waals surface area contributed by atoms with E-state index in [0.29, 0.717) is 12.1 Å². The van der Waals surface area contributed by atoms with Crippen LogP contribution in [0.3, 0.4) is 0 Å². The number of nitrogens with one attached hydrogen (secondary N) is 2. The van der Waals surface area contributed by atoms with Crippen LogP contribution in [0.1, 0.15) is 56.6 Å². The van der Waals surface area contributed by atoms with Crippen molar-refractivity contribution in [2.45, 2.75) is 72.1 Å². The molecule has 0 atom stereocenters. The van der Waals surface area contributed by atoms with Gasteiger partial charge < -0.3 is 19.8 Å². The Balaban J connectivity index is 0.000000158. The molecular formula is C33H40N6. The molecule has 3 aromatic carbocycles. The first-order valence-corrected chi connectivity index (χ1v) is 14.1. The number of fused-ring (bicyclic) bond motifs is 2. The fourth-order valence-electron chi connectivity index (χ4n) is 5.35. The van der Waals surface area contributed by atoms with Crippen molar-refractivity contribution in [2.75, 3.05) is 9.80 Å². The van der Waals surface area contributed by atoms with E-state index in [1.54, 1.807) is 12.7 Å². The molecule has 2 aromatic heterocycles. The second-order valence-electron chi connectivity index (χ2n) is 10.9. The molecule has 39 heavy (non-hydrogen) atoms. The molecule has 0 bridgehead atoms. The molecule has 5 aromatic rings. The fraction of sp³-hybridized carbons (Fsp3) is 0.333. The molecule has 2 heterocycles. The lowest BCUT2D eigenvalue weighted by molar-refractivity contribution is 0.675. The van der Waals surface area contributed by atoms with E-state index in [4.69, 9.17) is 0 Å². The molecule has 6 nitrogen and oxygen atoms in total. The van der Waals surface area contributed by atoms with E-state index in [9.17, 15) is 0 Å². The Hall–Kier alpha value is -4.06. The molecule has 6 heteroatoms. The van der Waals surface area contributed by atoms with Gasteiger partial charge >= 0.3 is 0 Å². The van der Waals surface area contributed by atoms with Gasteiger partial charge in [0.05, 0.1) is 37.1 Å². The highest BCUT2D eigenvalue weighted by Gasteiger charge is 2.16. The van der Waals surface area contributed by atoms with E-state index in [1.165, 1.54) is 52.5 Å². The van der Waals surface area contributed by atoms with Gasteiger partial charge in [0.25, 0.3) is 0 Å². The van der Waals surface area contributed by atoms with Gasteiger partial charge in [0.2, 0.25) is 0 Å². The van der Waals surface area contributed by atoms with E-state index in [0.717, 1.165) is 24.5 Å². The molecule has 0 amide bonds. The lowest BCUT2D eigenvalue weighted by atomic mass is 10.1. The van der Waals surface area contributed by atoms with Crippen LogP contribution in [-0.2, 0) is 25.9 Å². The number of aromatic nitrogens is 4. The maximum atomic E-state index is 4.10. The minimum atomic E-state index is 0.430. The minimum Gasteiger partial charge on any atom is -0.363 e. The first-order chi connectivity index (χ1) is 19.0. The third-order valence-electron chi connectivity index (χ3n) is 7.52. The first-order valence-electron chi connectivity index (χ1n) is 14.1. The summed E-state index contributed by atoms with van der Waals surface area (Å²) in [4.78, 5) is 19.4. The summed E-state index contributed by atoms with van der Waals surface area (Å²) < 4.78 is 0. The Labute approximate surface area is 232 Å². The molecule has 0 radical (unpaired) electrons. The van der Waals surface area contributed by atoms with Crippen LogP contribution >= 0.6 is 0 Å². The summed E-state index contributed by atoms with van der Waals surface area (Å²) in [5.41, 5.74) is 7.93. The molecule has 1 aliphatic rings. The maximum absolute atomic E-state index is 4.10. The summed E-state index contributed by atoms with van der Waals surface area (Å²) in [7, 11) is 0.